The molecule has 0 amide bonds. The largest absolute Gasteiger partial charge is 0.398 e. The maximum absolute atomic E-state index is 6.13. The Morgan fingerprint density at radius 3 is 3.15 bits per heavy atom. The summed E-state index contributed by atoms with van der Waals surface area (Å²) in [5.74, 6) is 0.726. The van der Waals surface area contributed by atoms with Gasteiger partial charge in [-0.25, -0.2) is 4.68 Å². The van der Waals surface area contributed by atoms with Gasteiger partial charge in [0.1, 0.15) is 0 Å². The number of anilines is 1. The lowest BCUT2D eigenvalue weighted by Gasteiger charge is -2.11. The highest BCUT2D eigenvalue weighted by Gasteiger charge is 2.18. The van der Waals surface area contributed by atoms with Crippen molar-refractivity contribution in [1.29, 1.82) is 0 Å². The van der Waals surface area contributed by atoms with Crippen LogP contribution in [0.15, 0.2) is 18.2 Å². The molecule has 6 nitrogen and oxygen atoms in total. The van der Waals surface area contributed by atoms with Gasteiger partial charge in [0.25, 0.3) is 0 Å². The summed E-state index contributed by atoms with van der Waals surface area (Å²) in [6, 6.07) is 5.91. The molecule has 106 valence electrons. The molecule has 3 rings (SSSR count). The van der Waals surface area contributed by atoms with Gasteiger partial charge in [0, 0.05) is 24.4 Å². The summed E-state index contributed by atoms with van der Waals surface area (Å²) in [6.45, 7) is 3.61. The van der Waals surface area contributed by atoms with E-state index in [-0.39, 0.29) is 0 Å². The number of hydrogen-bond acceptors (Lipinski definition) is 5. The van der Waals surface area contributed by atoms with Gasteiger partial charge in [0.15, 0.2) is 5.82 Å². The van der Waals surface area contributed by atoms with E-state index in [0.29, 0.717) is 6.10 Å². The maximum Gasteiger partial charge on any atom is 0.184 e. The van der Waals surface area contributed by atoms with Crippen LogP contribution < -0.4 is 5.73 Å². The lowest BCUT2D eigenvalue weighted by molar-refractivity contribution is 0.0994. The van der Waals surface area contributed by atoms with Gasteiger partial charge in [-0.3, -0.25) is 0 Å². The molecule has 1 saturated heterocycles. The fourth-order valence-electron chi connectivity index (χ4n) is 2.56. The molecule has 1 atom stereocenters. The Hall–Kier alpha value is -1.95. The van der Waals surface area contributed by atoms with Crippen LogP contribution in [0.3, 0.4) is 0 Å². The van der Waals surface area contributed by atoms with Gasteiger partial charge in [-0.05, 0) is 48.2 Å². The minimum absolute atomic E-state index is 0.335. The molecular formula is C14H19N5O. The zero-order chi connectivity index (χ0) is 13.9. The van der Waals surface area contributed by atoms with Crippen molar-refractivity contribution in [3.63, 3.8) is 0 Å². The number of tetrazole rings is 1. The Bertz CT molecular complexity index is 589. The summed E-state index contributed by atoms with van der Waals surface area (Å²) in [5, 5.41) is 12.0. The first-order valence-corrected chi connectivity index (χ1v) is 6.99. The van der Waals surface area contributed by atoms with Crippen molar-refractivity contribution in [2.45, 2.75) is 38.8 Å². The summed E-state index contributed by atoms with van der Waals surface area (Å²) in [4.78, 5) is 0. The van der Waals surface area contributed by atoms with Crippen molar-refractivity contribution < 1.29 is 4.74 Å². The summed E-state index contributed by atoms with van der Waals surface area (Å²) in [7, 11) is 0. The van der Waals surface area contributed by atoms with Gasteiger partial charge >= 0.3 is 0 Å². The molecule has 6 heteroatoms. The molecule has 0 bridgehead atoms. The molecule has 2 aromatic rings. The molecule has 1 aromatic carbocycles. The first kappa shape index (κ1) is 13.1. The number of nitrogens with zero attached hydrogens (tertiary/aromatic N) is 4. The molecular weight excluding hydrogens is 254 g/mol. The van der Waals surface area contributed by atoms with Crippen molar-refractivity contribution in [3.8, 4) is 11.4 Å². The predicted octanol–water partition coefficient (Wildman–Crippen LogP) is 1.80. The Balaban J connectivity index is 1.80. The summed E-state index contributed by atoms with van der Waals surface area (Å²) < 4.78 is 7.45. The van der Waals surface area contributed by atoms with Crippen molar-refractivity contribution in [2.75, 3.05) is 12.3 Å². The predicted molar refractivity (Wildman–Crippen MR) is 76.0 cm³/mol. The van der Waals surface area contributed by atoms with Crippen LogP contribution in [-0.2, 0) is 11.3 Å². The smallest absolute Gasteiger partial charge is 0.184 e. The Kier molecular flexibility index (Phi) is 3.64. The normalized spacial score (nSPS) is 18.6. The first-order chi connectivity index (χ1) is 9.75. The zero-order valence-electron chi connectivity index (χ0n) is 11.6. The third-order valence-electron chi connectivity index (χ3n) is 3.78. The standard InChI is InChI=1S/C14H19N5O/c1-10-4-2-6-12(13(10)15)14-16-17-18-19(14)8-7-11-5-3-9-20-11/h2,4,6,11H,3,5,7-9,15H2,1H3. The SMILES string of the molecule is Cc1cccc(-c2nnnn2CCC2CCCO2)c1N. The van der Waals surface area contributed by atoms with E-state index in [9.17, 15) is 0 Å². The monoisotopic (exact) mass is 273 g/mol. The fourth-order valence-corrected chi connectivity index (χ4v) is 2.56. The van der Waals surface area contributed by atoms with Crippen molar-refractivity contribution in [3.05, 3.63) is 23.8 Å². The highest BCUT2D eigenvalue weighted by Crippen LogP contribution is 2.26. The second-order valence-electron chi connectivity index (χ2n) is 5.19. The van der Waals surface area contributed by atoms with Crippen molar-refractivity contribution in [1.82, 2.24) is 20.2 Å². The first-order valence-electron chi connectivity index (χ1n) is 6.99. The average Bonchev–Trinajstić information content (AvgIpc) is 3.10. The topological polar surface area (TPSA) is 78.8 Å². The second-order valence-corrected chi connectivity index (χ2v) is 5.19. The van der Waals surface area contributed by atoms with Gasteiger partial charge in [0.2, 0.25) is 0 Å². The molecule has 0 spiro atoms. The maximum atomic E-state index is 6.13. The van der Waals surface area contributed by atoms with Gasteiger partial charge in [-0.15, -0.1) is 5.10 Å². The number of benzene rings is 1. The van der Waals surface area contributed by atoms with E-state index < -0.39 is 0 Å². The third-order valence-corrected chi connectivity index (χ3v) is 3.78. The molecule has 20 heavy (non-hydrogen) atoms. The highest BCUT2D eigenvalue weighted by atomic mass is 16.5. The van der Waals surface area contributed by atoms with E-state index in [1.54, 1.807) is 0 Å². The number of aromatic nitrogens is 4. The number of hydrogen-bond donors (Lipinski definition) is 1. The van der Waals surface area contributed by atoms with Crippen LogP contribution in [0.2, 0.25) is 0 Å². The summed E-state index contributed by atoms with van der Waals surface area (Å²) >= 11 is 0. The van der Waals surface area contributed by atoms with Gasteiger partial charge in [-0.2, -0.15) is 0 Å². The minimum Gasteiger partial charge on any atom is -0.398 e. The number of nitrogens with two attached hydrogens (primary N) is 1. The van der Waals surface area contributed by atoms with Crippen LogP contribution in [0.1, 0.15) is 24.8 Å². The van der Waals surface area contributed by atoms with Crippen LogP contribution in [0, 0.1) is 6.92 Å². The number of ether oxygens (including phenoxy) is 1. The molecule has 1 aliphatic heterocycles. The molecule has 1 unspecified atom stereocenters. The Morgan fingerprint density at radius 1 is 1.45 bits per heavy atom. The van der Waals surface area contributed by atoms with E-state index >= 15 is 0 Å². The molecule has 1 aliphatic rings. The molecule has 0 saturated carbocycles. The van der Waals surface area contributed by atoms with Gasteiger partial charge in [0.05, 0.1) is 6.10 Å². The van der Waals surface area contributed by atoms with E-state index in [4.69, 9.17) is 10.5 Å². The molecule has 1 aromatic heterocycles. The summed E-state index contributed by atoms with van der Waals surface area (Å²) in [5.41, 5.74) is 8.79. The fraction of sp³-hybridized carbons (Fsp3) is 0.500. The van der Waals surface area contributed by atoms with E-state index in [1.165, 1.54) is 0 Å². The lowest BCUT2D eigenvalue weighted by atomic mass is 10.1. The Labute approximate surface area is 117 Å². The number of nitrogen functional groups attached to an aromatic ring is 1. The van der Waals surface area contributed by atoms with Crippen LogP contribution in [0.4, 0.5) is 5.69 Å². The molecule has 0 aliphatic carbocycles. The van der Waals surface area contributed by atoms with Crippen LogP contribution >= 0.6 is 0 Å². The number of para-hydroxylation sites is 1. The molecule has 2 heterocycles. The quantitative estimate of drug-likeness (QED) is 0.859. The Morgan fingerprint density at radius 2 is 2.35 bits per heavy atom. The van der Waals surface area contributed by atoms with E-state index in [0.717, 1.165) is 55.1 Å². The van der Waals surface area contributed by atoms with Crippen molar-refractivity contribution >= 4 is 5.69 Å². The highest BCUT2D eigenvalue weighted by molar-refractivity contribution is 5.73. The molecule has 1 fully saturated rings. The molecule has 2 N–H and O–H groups in total. The van der Waals surface area contributed by atoms with Gasteiger partial charge < -0.3 is 10.5 Å². The van der Waals surface area contributed by atoms with E-state index in [2.05, 4.69) is 15.5 Å². The number of rotatable bonds is 4. The minimum atomic E-state index is 0.335. The van der Waals surface area contributed by atoms with E-state index in [1.807, 2.05) is 29.8 Å². The molecule has 0 radical (unpaired) electrons. The average molecular weight is 273 g/mol. The van der Waals surface area contributed by atoms with Gasteiger partial charge in [-0.1, -0.05) is 12.1 Å². The number of aryl methyl sites for hydroxylation is 2. The third kappa shape index (κ3) is 2.51. The van der Waals surface area contributed by atoms with Crippen LogP contribution in [0.5, 0.6) is 0 Å². The second kappa shape index (κ2) is 5.58. The van der Waals surface area contributed by atoms with Crippen LogP contribution in [0.25, 0.3) is 11.4 Å². The zero-order valence-corrected chi connectivity index (χ0v) is 11.6. The summed E-state index contributed by atoms with van der Waals surface area (Å²) in [6.07, 6.45) is 3.55. The van der Waals surface area contributed by atoms with Crippen LogP contribution in [-0.4, -0.2) is 32.9 Å². The lowest BCUT2D eigenvalue weighted by Crippen LogP contribution is -2.12. The van der Waals surface area contributed by atoms with Crippen molar-refractivity contribution in [2.24, 2.45) is 0 Å².